The van der Waals surface area contributed by atoms with Gasteiger partial charge in [0.05, 0.1) is 0 Å². The summed E-state index contributed by atoms with van der Waals surface area (Å²) >= 11 is 0. The fraction of sp³-hybridized carbons (Fsp3) is 1.00. The topological polar surface area (TPSA) is 68.3 Å². The van der Waals surface area contributed by atoms with E-state index in [0.29, 0.717) is 12.8 Å². The SMILES string of the molecule is O=S(=O)(CS(=O)(=O)C(F)(F)CC1CC2CCC1C2)C(F)(F)F. The molecule has 2 rings (SSSR count). The van der Waals surface area contributed by atoms with Crippen molar-refractivity contribution in [1.29, 1.82) is 0 Å². The predicted octanol–water partition coefficient (Wildman–Crippen LogP) is 2.71. The lowest BCUT2D eigenvalue weighted by Crippen LogP contribution is -2.40. The maximum absolute atomic E-state index is 13.9. The minimum atomic E-state index is -6.15. The molecule has 0 aromatic carbocycles. The van der Waals surface area contributed by atoms with Crippen LogP contribution in [-0.4, -0.2) is 32.7 Å². The second-order valence-electron chi connectivity index (χ2n) is 6.07. The molecule has 0 heterocycles. The molecule has 0 spiro atoms. The van der Waals surface area contributed by atoms with Crippen LogP contribution in [0, 0.1) is 17.8 Å². The maximum Gasteiger partial charge on any atom is 0.498 e. The van der Waals surface area contributed by atoms with Gasteiger partial charge in [-0.15, -0.1) is 0 Å². The van der Waals surface area contributed by atoms with E-state index < -0.39 is 47.9 Å². The van der Waals surface area contributed by atoms with Crippen LogP contribution in [0.5, 0.6) is 0 Å². The van der Waals surface area contributed by atoms with E-state index in [4.69, 9.17) is 0 Å². The third-order valence-corrected chi connectivity index (χ3v) is 8.77. The van der Waals surface area contributed by atoms with Crippen LogP contribution >= 0.6 is 0 Å². The smallest absolute Gasteiger partial charge is 0.222 e. The van der Waals surface area contributed by atoms with Gasteiger partial charge in [-0.1, -0.05) is 6.42 Å². The van der Waals surface area contributed by atoms with E-state index in [9.17, 15) is 38.8 Å². The molecular weight excluding hydrogens is 355 g/mol. The highest BCUT2D eigenvalue weighted by Crippen LogP contribution is 2.52. The summed E-state index contributed by atoms with van der Waals surface area (Å²) in [6.45, 7) is 0. The molecule has 0 amide bonds. The standard InChI is InChI=1S/C11H15F5O4S2/c12-10(13,5-9-4-7-1-2-8(9)3-7)21(17,18)6-22(19,20)11(14,15)16/h7-9H,1-6H2. The Balaban J connectivity index is 2.14. The van der Waals surface area contributed by atoms with Crippen molar-refractivity contribution in [2.24, 2.45) is 17.8 Å². The fourth-order valence-electron chi connectivity index (χ4n) is 3.42. The Morgan fingerprint density at radius 2 is 1.45 bits per heavy atom. The van der Waals surface area contributed by atoms with Gasteiger partial charge in [0, 0.05) is 6.42 Å². The van der Waals surface area contributed by atoms with Gasteiger partial charge in [-0.2, -0.15) is 22.0 Å². The maximum atomic E-state index is 13.9. The molecule has 3 unspecified atom stereocenters. The molecule has 2 aliphatic rings. The first kappa shape index (κ1) is 17.9. The van der Waals surface area contributed by atoms with Crippen molar-refractivity contribution in [3.8, 4) is 0 Å². The van der Waals surface area contributed by atoms with Crippen molar-refractivity contribution in [1.82, 2.24) is 0 Å². The first-order chi connectivity index (χ1) is 9.75. The number of rotatable bonds is 5. The zero-order valence-corrected chi connectivity index (χ0v) is 12.9. The summed E-state index contributed by atoms with van der Waals surface area (Å²) in [4.78, 5) is 0. The van der Waals surface area contributed by atoms with E-state index in [0.717, 1.165) is 12.8 Å². The van der Waals surface area contributed by atoms with E-state index in [1.807, 2.05) is 0 Å². The Kier molecular flexibility index (Phi) is 4.30. The molecule has 11 heteroatoms. The zero-order chi connectivity index (χ0) is 17.0. The first-order valence-corrected chi connectivity index (χ1v) is 9.95. The molecule has 0 aromatic heterocycles. The molecule has 0 radical (unpaired) electrons. The van der Waals surface area contributed by atoms with Gasteiger partial charge >= 0.3 is 10.8 Å². The number of alkyl halides is 5. The monoisotopic (exact) mass is 370 g/mol. The highest BCUT2D eigenvalue weighted by Gasteiger charge is 2.56. The van der Waals surface area contributed by atoms with Gasteiger partial charge in [0.2, 0.25) is 9.84 Å². The van der Waals surface area contributed by atoms with Crippen LogP contribution in [0.1, 0.15) is 32.1 Å². The summed E-state index contributed by atoms with van der Waals surface area (Å²) in [5, 5.41) is -7.09. The Morgan fingerprint density at radius 1 is 0.864 bits per heavy atom. The van der Waals surface area contributed by atoms with Crippen LogP contribution in [0.2, 0.25) is 0 Å². The molecule has 3 atom stereocenters. The summed E-state index contributed by atoms with van der Waals surface area (Å²) in [5.74, 6) is -0.380. The summed E-state index contributed by atoms with van der Waals surface area (Å²) in [6, 6.07) is 0. The van der Waals surface area contributed by atoms with Crippen molar-refractivity contribution in [2.45, 2.75) is 42.9 Å². The lowest BCUT2D eigenvalue weighted by atomic mass is 9.86. The minimum Gasteiger partial charge on any atom is -0.222 e. The fourth-order valence-corrected chi connectivity index (χ4v) is 6.74. The summed E-state index contributed by atoms with van der Waals surface area (Å²) in [6.07, 6.45) is 1.63. The molecule has 0 N–H and O–H groups in total. The summed E-state index contributed by atoms with van der Waals surface area (Å²) in [7, 11) is -11.9. The van der Waals surface area contributed by atoms with E-state index in [2.05, 4.69) is 0 Å². The summed E-state index contributed by atoms with van der Waals surface area (Å²) in [5.41, 5.74) is -5.87. The van der Waals surface area contributed by atoms with E-state index >= 15 is 0 Å². The lowest BCUT2D eigenvalue weighted by Gasteiger charge is -2.26. The first-order valence-electron chi connectivity index (χ1n) is 6.64. The van der Waals surface area contributed by atoms with Gasteiger partial charge in [0.25, 0.3) is 9.84 Å². The van der Waals surface area contributed by atoms with Gasteiger partial charge in [-0.25, -0.2) is 16.8 Å². The molecule has 2 aliphatic carbocycles. The number of halogens is 5. The van der Waals surface area contributed by atoms with Crippen LogP contribution in [-0.2, 0) is 19.7 Å². The molecule has 4 nitrogen and oxygen atoms in total. The third kappa shape index (κ3) is 3.24. The van der Waals surface area contributed by atoms with Crippen molar-refractivity contribution >= 4 is 19.7 Å². The van der Waals surface area contributed by atoms with Crippen LogP contribution in [0.3, 0.4) is 0 Å². The summed E-state index contributed by atoms with van der Waals surface area (Å²) < 4.78 is 109. The Hall–Kier alpha value is -0.450. The van der Waals surface area contributed by atoms with E-state index in [-0.39, 0.29) is 11.8 Å². The molecule has 22 heavy (non-hydrogen) atoms. The molecule has 2 saturated carbocycles. The number of fused-ring (bicyclic) bond motifs is 2. The van der Waals surface area contributed by atoms with Crippen LogP contribution in [0.25, 0.3) is 0 Å². The molecule has 2 fully saturated rings. The van der Waals surface area contributed by atoms with Gasteiger partial charge in [-0.3, -0.25) is 0 Å². The molecule has 130 valence electrons. The largest absolute Gasteiger partial charge is 0.498 e. The highest BCUT2D eigenvalue weighted by atomic mass is 32.3. The average molecular weight is 370 g/mol. The number of hydrogen-bond acceptors (Lipinski definition) is 4. The zero-order valence-electron chi connectivity index (χ0n) is 11.3. The highest BCUT2D eigenvalue weighted by molar-refractivity contribution is 8.08. The van der Waals surface area contributed by atoms with Crippen LogP contribution in [0.15, 0.2) is 0 Å². The van der Waals surface area contributed by atoms with Gasteiger partial charge < -0.3 is 0 Å². The molecule has 0 aromatic rings. The minimum absolute atomic E-state index is 0.0506. The van der Waals surface area contributed by atoms with Crippen molar-refractivity contribution in [3.63, 3.8) is 0 Å². The average Bonchev–Trinajstić information content (AvgIpc) is 2.86. The van der Waals surface area contributed by atoms with E-state index in [1.54, 1.807) is 0 Å². The number of hydrogen-bond donors (Lipinski definition) is 0. The Labute approximate surface area is 124 Å². The van der Waals surface area contributed by atoms with Gasteiger partial charge in [-0.05, 0) is 37.0 Å². The second-order valence-corrected chi connectivity index (χ2v) is 10.5. The van der Waals surface area contributed by atoms with Crippen molar-refractivity contribution in [2.75, 3.05) is 5.08 Å². The third-order valence-electron chi connectivity index (χ3n) is 4.50. The second kappa shape index (κ2) is 5.29. The Morgan fingerprint density at radius 3 is 1.86 bits per heavy atom. The van der Waals surface area contributed by atoms with Crippen LogP contribution in [0.4, 0.5) is 22.0 Å². The quantitative estimate of drug-likeness (QED) is 0.698. The normalized spacial score (nSPS) is 30.0. The van der Waals surface area contributed by atoms with E-state index in [1.165, 1.54) is 0 Å². The van der Waals surface area contributed by atoms with Crippen molar-refractivity contribution in [3.05, 3.63) is 0 Å². The lowest BCUT2D eigenvalue weighted by molar-refractivity contribution is -0.0432. The molecule has 2 bridgehead atoms. The molecular formula is C11H15F5O4S2. The number of sulfone groups is 2. The Bertz CT molecular complexity index is 638. The molecule has 0 saturated heterocycles. The van der Waals surface area contributed by atoms with Gasteiger partial charge in [0.1, 0.15) is 0 Å². The molecule has 0 aliphatic heterocycles. The van der Waals surface area contributed by atoms with Crippen molar-refractivity contribution < 1.29 is 38.8 Å². The van der Waals surface area contributed by atoms with Gasteiger partial charge in [0.15, 0.2) is 5.08 Å². The van der Waals surface area contributed by atoms with Crippen LogP contribution < -0.4 is 0 Å². The predicted molar refractivity (Wildman–Crippen MR) is 67.3 cm³/mol.